The number of anilines is 3. The summed E-state index contributed by atoms with van der Waals surface area (Å²) in [6, 6.07) is 32.3. The molecule has 0 aromatic heterocycles. The van der Waals surface area contributed by atoms with E-state index in [0.717, 1.165) is 16.2 Å². The average molecular weight is 506 g/mol. The second kappa shape index (κ2) is 9.96. The van der Waals surface area contributed by atoms with E-state index in [1.54, 1.807) is 42.5 Å². The zero-order valence-corrected chi connectivity index (χ0v) is 20.9. The van der Waals surface area contributed by atoms with Gasteiger partial charge in [0, 0.05) is 16.8 Å². The maximum atomic E-state index is 9.55. The highest BCUT2D eigenvalue weighted by Gasteiger charge is 2.16. The van der Waals surface area contributed by atoms with E-state index in [9.17, 15) is 4.11 Å². The SMILES string of the molecule is [2H]c1c([2H])c(-c2ccc3ccccc3c2)c([2H])c(N(c2c([2H])c([2H])c(-c3ccccc3)c([2H])c2[2H])c2cccc3ccccc23)c1[2H]. The molecule has 0 saturated heterocycles. The minimum absolute atomic E-state index is 0.112. The van der Waals surface area contributed by atoms with E-state index in [-0.39, 0.29) is 58.8 Å². The van der Waals surface area contributed by atoms with Gasteiger partial charge in [0.2, 0.25) is 0 Å². The summed E-state index contributed by atoms with van der Waals surface area (Å²) < 4.78 is 73.1. The molecule has 0 N–H and O–H groups in total. The highest BCUT2D eigenvalue weighted by molar-refractivity contribution is 5.99. The first kappa shape index (κ1) is 16.0. The molecule has 0 atom stereocenters. The average Bonchev–Trinajstić information content (AvgIpc) is 3.09. The van der Waals surface area contributed by atoms with Gasteiger partial charge >= 0.3 is 0 Å². The summed E-state index contributed by atoms with van der Waals surface area (Å²) >= 11 is 0. The first-order valence-corrected chi connectivity index (χ1v) is 12.7. The highest BCUT2D eigenvalue weighted by Crippen LogP contribution is 2.40. The Morgan fingerprint density at radius 3 is 2.00 bits per heavy atom. The van der Waals surface area contributed by atoms with Crippen molar-refractivity contribution in [3.8, 4) is 22.3 Å². The van der Waals surface area contributed by atoms with Gasteiger partial charge in [0.15, 0.2) is 0 Å². The van der Waals surface area contributed by atoms with Gasteiger partial charge in [-0.25, -0.2) is 0 Å². The van der Waals surface area contributed by atoms with Crippen molar-refractivity contribution in [1.82, 2.24) is 0 Å². The van der Waals surface area contributed by atoms with Crippen molar-refractivity contribution in [2.45, 2.75) is 0 Å². The maximum absolute atomic E-state index is 9.55. The molecule has 7 rings (SSSR count). The predicted octanol–water partition coefficient (Wildman–Crippen LogP) is 10.8. The van der Waals surface area contributed by atoms with Gasteiger partial charge in [0.25, 0.3) is 0 Å². The van der Waals surface area contributed by atoms with E-state index in [2.05, 4.69) is 0 Å². The Balaban J connectivity index is 1.60. The molecular formula is C38H27N. The Morgan fingerprint density at radius 2 is 1.15 bits per heavy atom. The molecule has 0 aliphatic carbocycles. The number of nitrogens with zero attached hydrogens (tertiary/aromatic N) is 1. The molecule has 1 nitrogen and oxygen atoms in total. The van der Waals surface area contributed by atoms with E-state index in [1.807, 2.05) is 72.8 Å². The van der Waals surface area contributed by atoms with Crippen LogP contribution in [0.25, 0.3) is 43.8 Å². The maximum Gasteiger partial charge on any atom is 0.0651 e. The predicted molar refractivity (Wildman–Crippen MR) is 167 cm³/mol. The van der Waals surface area contributed by atoms with Crippen LogP contribution in [0.3, 0.4) is 0 Å². The lowest BCUT2D eigenvalue weighted by Gasteiger charge is -2.27. The molecule has 0 spiro atoms. The minimum Gasteiger partial charge on any atom is -0.310 e. The lowest BCUT2D eigenvalue weighted by atomic mass is 10.00. The van der Waals surface area contributed by atoms with E-state index in [1.165, 1.54) is 4.90 Å². The molecule has 0 heterocycles. The monoisotopic (exact) mass is 505 g/mol. The molecule has 0 radical (unpaired) electrons. The van der Waals surface area contributed by atoms with E-state index in [4.69, 9.17) is 6.85 Å². The number of hydrogen-bond acceptors (Lipinski definition) is 1. The summed E-state index contributed by atoms with van der Waals surface area (Å²) in [5.74, 6) is 0. The van der Waals surface area contributed by atoms with E-state index < -0.39 is 12.1 Å². The molecule has 1 heteroatoms. The molecule has 0 bridgehead atoms. The second-order valence-electron chi connectivity index (χ2n) is 9.21. The van der Waals surface area contributed by atoms with Crippen LogP contribution >= 0.6 is 0 Å². The second-order valence-corrected chi connectivity index (χ2v) is 9.21. The molecule has 0 aliphatic heterocycles. The molecule has 39 heavy (non-hydrogen) atoms. The van der Waals surface area contributed by atoms with Crippen LogP contribution in [0.15, 0.2) is 164 Å². The summed E-state index contributed by atoms with van der Waals surface area (Å²) in [4.78, 5) is 1.41. The number of benzene rings is 7. The molecule has 0 unspecified atom stereocenters. The lowest BCUT2D eigenvalue weighted by Crippen LogP contribution is -2.10. The molecule has 184 valence electrons. The zero-order valence-electron chi connectivity index (χ0n) is 28.9. The van der Waals surface area contributed by atoms with Crippen molar-refractivity contribution < 1.29 is 11.0 Å². The third kappa shape index (κ3) is 4.45. The fraction of sp³-hybridized carbons (Fsp3) is 0. The summed E-state index contributed by atoms with van der Waals surface area (Å²) in [7, 11) is 0. The van der Waals surface area contributed by atoms with Crippen LogP contribution < -0.4 is 4.90 Å². The van der Waals surface area contributed by atoms with Crippen LogP contribution in [-0.2, 0) is 0 Å². The smallest absolute Gasteiger partial charge is 0.0651 e. The van der Waals surface area contributed by atoms with Gasteiger partial charge in [-0.2, -0.15) is 0 Å². The molecule has 0 fully saturated rings. The molecule has 0 amide bonds. The third-order valence-corrected chi connectivity index (χ3v) is 6.78. The van der Waals surface area contributed by atoms with E-state index in [0.29, 0.717) is 22.2 Å². The summed E-state index contributed by atoms with van der Waals surface area (Å²) in [6.07, 6.45) is 0. The first-order chi connectivity index (χ1) is 22.7. The van der Waals surface area contributed by atoms with Crippen LogP contribution in [-0.4, -0.2) is 0 Å². The summed E-state index contributed by atoms with van der Waals surface area (Å²) in [5.41, 5.74) is 1.47. The Morgan fingerprint density at radius 1 is 0.436 bits per heavy atom. The van der Waals surface area contributed by atoms with Gasteiger partial charge in [-0.3, -0.25) is 0 Å². The van der Waals surface area contributed by atoms with Crippen molar-refractivity contribution >= 4 is 38.6 Å². The number of fused-ring (bicyclic) bond motifs is 2. The zero-order chi connectivity index (χ0) is 33.0. The summed E-state index contributed by atoms with van der Waals surface area (Å²) in [6.45, 7) is 0. The van der Waals surface area contributed by atoms with Crippen LogP contribution in [0.4, 0.5) is 17.1 Å². The first-order valence-electron chi connectivity index (χ1n) is 16.7. The standard InChI is InChI=1S/C38H27N/c1-2-10-28(11-3-1)30-22-24-35(25-23-30)39(38-19-9-15-31-13-6-7-18-37(31)38)36-17-8-16-33(27-36)34-21-20-29-12-4-5-14-32(29)26-34/h1-27H/i8D,16D,17D,22D,23D,24D,25D,27D. The largest absolute Gasteiger partial charge is 0.310 e. The summed E-state index contributed by atoms with van der Waals surface area (Å²) in [5, 5.41) is 3.36. The van der Waals surface area contributed by atoms with Crippen molar-refractivity contribution in [1.29, 1.82) is 0 Å². The van der Waals surface area contributed by atoms with Crippen molar-refractivity contribution in [2.24, 2.45) is 0 Å². The minimum atomic E-state index is -0.429. The third-order valence-electron chi connectivity index (χ3n) is 6.78. The number of hydrogen-bond donors (Lipinski definition) is 0. The van der Waals surface area contributed by atoms with Gasteiger partial charge in [-0.15, -0.1) is 0 Å². The Bertz CT molecular complexity index is 2320. The molecule has 0 saturated carbocycles. The van der Waals surface area contributed by atoms with Crippen LogP contribution in [0.1, 0.15) is 11.0 Å². The van der Waals surface area contributed by atoms with Crippen LogP contribution in [0.5, 0.6) is 0 Å². The van der Waals surface area contributed by atoms with Gasteiger partial charge in [0.1, 0.15) is 0 Å². The van der Waals surface area contributed by atoms with Crippen molar-refractivity contribution in [2.75, 3.05) is 4.90 Å². The van der Waals surface area contributed by atoms with Gasteiger partial charge in [-0.1, -0.05) is 127 Å². The van der Waals surface area contributed by atoms with Crippen LogP contribution in [0, 0.1) is 0 Å². The molecular weight excluding hydrogens is 470 g/mol. The quantitative estimate of drug-likeness (QED) is 0.225. The highest BCUT2D eigenvalue weighted by atomic mass is 15.1. The molecule has 7 aromatic carbocycles. The Kier molecular flexibility index (Phi) is 4.08. The Hall–Kier alpha value is -5.14. The normalized spacial score (nSPS) is 13.9. The van der Waals surface area contributed by atoms with E-state index >= 15 is 0 Å². The van der Waals surface area contributed by atoms with Gasteiger partial charge in [0.05, 0.1) is 16.7 Å². The topological polar surface area (TPSA) is 3.24 Å². The van der Waals surface area contributed by atoms with Crippen LogP contribution in [0.2, 0.25) is 0 Å². The van der Waals surface area contributed by atoms with Gasteiger partial charge < -0.3 is 4.90 Å². The lowest BCUT2D eigenvalue weighted by molar-refractivity contribution is 1.30. The fourth-order valence-electron chi connectivity index (χ4n) is 4.86. The van der Waals surface area contributed by atoms with Gasteiger partial charge in [-0.05, 0) is 74.7 Å². The fourth-order valence-corrected chi connectivity index (χ4v) is 4.86. The van der Waals surface area contributed by atoms with Crippen molar-refractivity contribution in [3.05, 3.63) is 164 Å². The Labute approximate surface area is 240 Å². The van der Waals surface area contributed by atoms with Crippen molar-refractivity contribution in [3.63, 3.8) is 0 Å². The number of rotatable bonds is 5. The molecule has 7 aromatic rings. The molecule has 0 aliphatic rings.